The van der Waals surface area contributed by atoms with Crippen molar-refractivity contribution in [2.45, 2.75) is 25.9 Å². The third-order valence-corrected chi connectivity index (χ3v) is 6.12. The predicted molar refractivity (Wildman–Crippen MR) is 91.1 cm³/mol. The zero-order valence-corrected chi connectivity index (χ0v) is 14.8. The second-order valence-electron chi connectivity index (χ2n) is 5.17. The van der Waals surface area contributed by atoms with Crippen molar-refractivity contribution in [1.29, 1.82) is 0 Å². The summed E-state index contributed by atoms with van der Waals surface area (Å²) in [5, 5.41) is 0. The summed E-state index contributed by atoms with van der Waals surface area (Å²) in [4.78, 5) is 4.57. The van der Waals surface area contributed by atoms with Gasteiger partial charge in [0.1, 0.15) is 5.82 Å². The van der Waals surface area contributed by atoms with Crippen molar-refractivity contribution in [3.05, 3.63) is 55.9 Å². The van der Waals surface area contributed by atoms with Crippen molar-refractivity contribution in [3.8, 4) is 0 Å². The van der Waals surface area contributed by atoms with Crippen LogP contribution in [-0.4, -0.2) is 18.5 Å². The van der Waals surface area contributed by atoms with E-state index in [0.717, 1.165) is 4.47 Å². The fourth-order valence-corrected chi connectivity index (χ4v) is 4.16. The summed E-state index contributed by atoms with van der Waals surface area (Å²) < 4.78 is 15.1. The van der Waals surface area contributed by atoms with E-state index in [0.29, 0.717) is 12.1 Å². The lowest BCUT2D eigenvalue weighted by atomic mass is 10.0. The van der Waals surface area contributed by atoms with Crippen LogP contribution < -0.4 is 5.73 Å². The molecule has 0 bridgehead atoms. The maximum absolute atomic E-state index is 14.0. The first-order valence-corrected chi connectivity index (χ1v) is 8.49. The van der Waals surface area contributed by atoms with Gasteiger partial charge in [0.05, 0.1) is 6.04 Å². The molecule has 0 aliphatic carbocycles. The maximum atomic E-state index is 14.0. The molecule has 114 valence electrons. The van der Waals surface area contributed by atoms with Crippen LogP contribution in [0.3, 0.4) is 0 Å². The van der Waals surface area contributed by atoms with Crippen molar-refractivity contribution < 1.29 is 4.39 Å². The fourth-order valence-electron chi connectivity index (χ4n) is 2.43. The van der Waals surface area contributed by atoms with Crippen molar-refractivity contribution in [2.75, 3.05) is 13.6 Å². The Morgan fingerprint density at radius 2 is 2.05 bits per heavy atom. The minimum Gasteiger partial charge on any atom is -0.329 e. The second-order valence-corrected chi connectivity index (χ2v) is 7.31. The summed E-state index contributed by atoms with van der Waals surface area (Å²) >= 11 is 5.28. The third-order valence-electron chi connectivity index (χ3n) is 3.89. The molecule has 2 rings (SSSR count). The highest BCUT2D eigenvalue weighted by Gasteiger charge is 2.24. The molecule has 1 aromatic heterocycles. The zero-order chi connectivity index (χ0) is 15.6. The van der Waals surface area contributed by atoms with Gasteiger partial charge in [0.15, 0.2) is 0 Å². The van der Waals surface area contributed by atoms with Gasteiger partial charge in [-0.15, -0.1) is 11.3 Å². The highest BCUT2D eigenvalue weighted by molar-refractivity contribution is 9.10. The highest BCUT2D eigenvalue weighted by Crippen LogP contribution is 2.36. The Bertz CT molecular complexity index is 595. The van der Waals surface area contributed by atoms with Gasteiger partial charge in [0, 0.05) is 32.4 Å². The largest absolute Gasteiger partial charge is 0.329 e. The molecule has 0 aliphatic rings. The highest BCUT2D eigenvalue weighted by atomic mass is 79.9. The van der Waals surface area contributed by atoms with Crippen LogP contribution in [0, 0.1) is 12.7 Å². The average molecular weight is 371 g/mol. The smallest absolute Gasteiger partial charge is 0.127 e. The SMILES string of the molecule is Cc1sc(C(CN)N(C)C(C)c2ccccc2F)cc1Br. The molecular weight excluding hydrogens is 351 g/mol. The molecule has 0 amide bonds. The minimum absolute atomic E-state index is 0.0408. The number of hydrogen-bond donors (Lipinski definition) is 1. The van der Waals surface area contributed by atoms with Crippen LogP contribution in [0.1, 0.15) is 34.3 Å². The molecule has 0 aliphatic heterocycles. The van der Waals surface area contributed by atoms with Crippen LogP contribution in [0.2, 0.25) is 0 Å². The van der Waals surface area contributed by atoms with Gasteiger partial charge in [-0.25, -0.2) is 4.39 Å². The molecule has 5 heteroatoms. The molecule has 1 heterocycles. The van der Waals surface area contributed by atoms with Gasteiger partial charge in [-0.1, -0.05) is 18.2 Å². The standard InChI is InChI=1S/C16H20BrFN2S/c1-10(12-6-4-5-7-14(12)18)20(3)15(9-19)16-8-13(17)11(2)21-16/h4-8,10,15H,9,19H2,1-3H3. The summed E-state index contributed by atoms with van der Waals surface area (Å²) in [6.07, 6.45) is 0. The first-order chi connectivity index (χ1) is 9.95. The summed E-state index contributed by atoms with van der Waals surface area (Å²) in [5.74, 6) is -0.170. The van der Waals surface area contributed by atoms with E-state index in [4.69, 9.17) is 5.73 Å². The van der Waals surface area contributed by atoms with Gasteiger partial charge >= 0.3 is 0 Å². The van der Waals surface area contributed by atoms with Crippen molar-refractivity contribution >= 4 is 27.3 Å². The predicted octanol–water partition coefficient (Wildman–Crippen LogP) is 4.65. The molecule has 0 saturated heterocycles. The fraction of sp³-hybridized carbons (Fsp3) is 0.375. The van der Waals surface area contributed by atoms with E-state index in [-0.39, 0.29) is 17.9 Å². The Morgan fingerprint density at radius 1 is 1.38 bits per heavy atom. The molecule has 2 aromatic rings. The van der Waals surface area contributed by atoms with Crippen molar-refractivity contribution in [1.82, 2.24) is 4.90 Å². The summed E-state index contributed by atoms with van der Waals surface area (Å²) in [7, 11) is 2.00. The van der Waals surface area contributed by atoms with Crippen molar-refractivity contribution in [2.24, 2.45) is 5.73 Å². The Morgan fingerprint density at radius 3 is 2.57 bits per heavy atom. The number of aryl methyl sites for hydroxylation is 1. The van der Waals surface area contributed by atoms with E-state index < -0.39 is 0 Å². The summed E-state index contributed by atoms with van der Waals surface area (Å²) in [5.41, 5.74) is 6.67. The van der Waals surface area contributed by atoms with E-state index in [1.807, 2.05) is 26.1 Å². The average Bonchev–Trinajstić information content (AvgIpc) is 2.79. The number of likely N-dealkylation sites (N-methyl/N-ethyl adjacent to an activating group) is 1. The lowest BCUT2D eigenvalue weighted by molar-refractivity contribution is 0.189. The second kappa shape index (κ2) is 7.01. The number of nitrogens with zero attached hydrogens (tertiary/aromatic N) is 1. The van der Waals surface area contributed by atoms with Crippen LogP contribution in [0.25, 0.3) is 0 Å². The Kier molecular flexibility index (Phi) is 5.54. The number of hydrogen-bond acceptors (Lipinski definition) is 3. The molecule has 0 spiro atoms. The first-order valence-electron chi connectivity index (χ1n) is 6.88. The summed E-state index contributed by atoms with van der Waals surface area (Å²) in [6.45, 7) is 4.59. The molecule has 0 saturated carbocycles. The minimum atomic E-state index is -0.170. The van der Waals surface area contributed by atoms with E-state index in [1.54, 1.807) is 17.4 Å². The van der Waals surface area contributed by atoms with Crippen LogP contribution in [0.5, 0.6) is 0 Å². The van der Waals surface area contributed by atoms with E-state index in [1.165, 1.54) is 15.8 Å². The van der Waals surface area contributed by atoms with E-state index in [2.05, 4.69) is 33.8 Å². The molecule has 0 fully saturated rings. The number of halogens is 2. The van der Waals surface area contributed by atoms with Gasteiger partial charge in [0.25, 0.3) is 0 Å². The van der Waals surface area contributed by atoms with Crippen LogP contribution in [0.15, 0.2) is 34.8 Å². The Hall–Kier alpha value is -0.750. The lowest BCUT2D eigenvalue weighted by Gasteiger charge is -2.32. The lowest BCUT2D eigenvalue weighted by Crippen LogP contribution is -2.32. The molecule has 2 atom stereocenters. The van der Waals surface area contributed by atoms with Gasteiger partial charge in [-0.3, -0.25) is 4.90 Å². The molecule has 0 radical (unpaired) electrons. The van der Waals surface area contributed by atoms with Crippen LogP contribution in [-0.2, 0) is 0 Å². The number of nitrogens with two attached hydrogens (primary N) is 1. The maximum Gasteiger partial charge on any atom is 0.127 e. The molecule has 21 heavy (non-hydrogen) atoms. The quantitative estimate of drug-likeness (QED) is 0.829. The number of benzene rings is 1. The number of thiophene rings is 1. The molecular formula is C16H20BrFN2S. The topological polar surface area (TPSA) is 29.3 Å². The van der Waals surface area contributed by atoms with Gasteiger partial charge in [-0.05, 0) is 49.0 Å². The summed E-state index contributed by atoms with van der Waals surface area (Å²) in [6, 6.07) is 9.07. The third kappa shape index (κ3) is 3.54. The van der Waals surface area contributed by atoms with Gasteiger partial charge < -0.3 is 5.73 Å². The number of rotatable bonds is 5. The van der Waals surface area contributed by atoms with Gasteiger partial charge in [0.2, 0.25) is 0 Å². The molecule has 2 unspecified atom stereocenters. The van der Waals surface area contributed by atoms with Gasteiger partial charge in [-0.2, -0.15) is 0 Å². The van der Waals surface area contributed by atoms with E-state index >= 15 is 0 Å². The van der Waals surface area contributed by atoms with E-state index in [9.17, 15) is 4.39 Å². The van der Waals surface area contributed by atoms with Crippen molar-refractivity contribution in [3.63, 3.8) is 0 Å². The van der Waals surface area contributed by atoms with Crippen LogP contribution >= 0.6 is 27.3 Å². The Labute approximate surface area is 137 Å². The van der Waals surface area contributed by atoms with Crippen LogP contribution in [0.4, 0.5) is 4.39 Å². The Balaban J connectivity index is 2.28. The zero-order valence-electron chi connectivity index (χ0n) is 12.4. The normalized spacial score (nSPS) is 14.4. The first kappa shape index (κ1) is 16.6. The molecule has 2 nitrogen and oxygen atoms in total. The molecule has 1 aromatic carbocycles. The monoisotopic (exact) mass is 370 g/mol. The molecule has 2 N–H and O–H groups in total.